The normalized spacial score (nSPS) is 27.7. The highest BCUT2D eigenvalue weighted by molar-refractivity contribution is 5.40. The minimum absolute atomic E-state index is 0.196. The molecule has 1 N–H and O–H groups in total. The molecule has 0 radical (unpaired) electrons. The number of aliphatic hydroxyl groups is 1. The van der Waals surface area contributed by atoms with Gasteiger partial charge in [0.15, 0.2) is 0 Å². The molecule has 0 spiro atoms. The lowest BCUT2D eigenvalue weighted by atomic mass is 9.70. The predicted molar refractivity (Wildman–Crippen MR) is 86.7 cm³/mol. The molecule has 118 valence electrons. The van der Waals surface area contributed by atoms with Crippen LogP contribution in [0.2, 0.25) is 0 Å². The van der Waals surface area contributed by atoms with Crippen molar-refractivity contribution in [2.24, 2.45) is 5.92 Å². The Bertz CT molecular complexity index is 486. The Hall–Kier alpha value is -1.06. The Balaban J connectivity index is 2.43. The molecule has 0 saturated heterocycles. The summed E-state index contributed by atoms with van der Waals surface area (Å²) in [6, 6.07) is 6.05. The molecule has 1 aliphatic rings. The minimum atomic E-state index is -0.523. The quantitative estimate of drug-likeness (QED) is 0.921. The highest BCUT2D eigenvalue weighted by Crippen LogP contribution is 2.46. The van der Waals surface area contributed by atoms with Crippen LogP contribution in [0.3, 0.4) is 0 Å². The summed E-state index contributed by atoms with van der Waals surface area (Å²) in [7, 11) is 5.85. The first-order valence-corrected chi connectivity index (χ1v) is 7.90. The third-order valence-electron chi connectivity index (χ3n) is 5.09. The van der Waals surface area contributed by atoms with Gasteiger partial charge in [0.05, 0.1) is 12.6 Å². The van der Waals surface area contributed by atoms with Crippen LogP contribution in [0.1, 0.15) is 49.8 Å². The first-order chi connectivity index (χ1) is 9.90. The van der Waals surface area contributed by atoms with Crippen LogP contribution >= 0.6 is 0 Å². The minimum Gasteiger partial charge on any atom is -0.496 e. The largest absolute Gasteiger partial charge is 0.496 e. The van der Waals surface area contributed by atoms with Crippen molar-refractivity contribution in [3.05, 3.63) is 29.3 Å². The van der Waals surface area contributed by atoms with Gasteiger partial charge in [-0.2, -0.15) is 0 Å². The van der Waals surface area contributed by atoms with Gasteiger partial charge < -0.3 is 14.7 Å². The van der Waals surface area contributed by atoms with Gasteiger partial charge in [0.1, 0.15) is 11.9 Å². The Morgan fingerprint density at radius 1 is 1.38 bits per heavy atom. The molecule has 3 nitrogen and oxygen atoms in total. The summed E-state index contributed by atoms with van der Waals surface area (Å²) in [4.78, 5) is 2.22. The lowest BCUT2D eigenvalue weighted by Crippen LogP contribution is -2.52. The van der Waals surface area contributed by atoms with Gasteiger partial charge >= 0.3 is 0 Å². The number of ether oxygens (including phenoxy) is 1. The van der Waals surface area contributed by atoms with Crippen molar-refractivity contribution in [2.75, 3.05) is 21.2 Å². The number of hydrogen-bond donors (Lipinski definition) is 1. The Labute approximate surface area is 128 Å². The molecular formula is C18H29NO2. The molecule has 1 aromatic carbocycles. The molecular weight excluding hydrogens is 262 g/mol. The van der Waals surface area contributed by atoms with E-state index in [1.54, 1.807) is 7.11 Å². The second-order valence-electron chi connectivity index (χ2n) is 6.85. The number of likely N-dealkylation sites (N-methyl/N-ethyl adjacent to an activating group) is 1. The van der Waals surface area contributed by atoms with Gasteiger partial charge in [-0.3, -0.25) is 0 Å². The van der Waals surface area contributed by atoms with Gasteiger partial charge in [0.25, 0.3) is 0 Å². The third kappa shape index (κ3) is 3.09. The molecule has 0 bridgehead atoms. The maximum absolute atomic E-state index is 11.2. The SMILES string of the molecule is COc1ccc(C)cc1C(O)C1(N(C)C)CCCC(C)C1. The zero-order valence-electron chi connectivity index (χ0n) is 14.0. The number of methoxy groups -OCH3 is 1. The summed E-state index contributed by atoms with van der Waals surface area (Å²) >= 11 is 0. The van der Waals surface area contributed by atoms with Crippen LogP contribution in [0.4, 0.5) is 0 Å². The molecule has 1 fully saturated rings. The third-order valence-corrected chi connectivity index (χ3v) is 5.09. The molecule has 2 rings (SSSR count). The molecule has 0 amide bonds. The van der Waals surface area contributed by atoms with Gasteiger partial charge in [0.2, 0.25) is 0 Å². The van der Waals surface area contributed by atoms with E-state index in [2.05, 4.69) is 38.9 Å². The molecule has 21 heavy (non-hydrogen) atoms. The summed E-state index contributed by atoms with van der Waals surface area (Å²) < 4.78 is 5.49. The number of aliphatic hydroxyl groups excluding tert-OH is 1. The summed E-state index contributed by atoms with van der Waals surface area (Å²) in [6.07, 6.45) is 3.96. The molecule has 3 unspecified atom stereocenters. The van der Waals surface area contributed by atoms with Crippen molar-refractivity contribution in [3.8, 4) is 5.75 Å². The van der Waals surface area contributed by atoms with E-state index in [0.717, 1.165) is 29.7 Å². The Morgan fingerprint density at radius 2 is 2.10 bits per heavy atom. The van der Waals surface area contributed by atoms with Gasteiger partial charge in [-0.05, 0) is 51.9 Å². The number of aryl methyl sites for hydroxylation is 1. The number of nitrogens with zero attached hydrogens (tertiary/aromatic N) is 1. The van der Waals surface area contributed by atoms with Gasteiger partial charge in [0, 0.05) is 5.56 Å². The van der Waals surface area contributed by atoms with E-state index < -0.39 is 6.10 Å². The van der Waals surface area contributed by atoms with E-state index in [4.69, 9.17) is 4.74 Å². The highest BCUT2D eigenvalue weighted by atomic mass is 16.5. The van der Waals surface area contributed by atoms with Crippen molar-refractivity contribution in [3.63, 3.8) is 0 Å². The van der Waals surface area contributed by atoms with Crippen molar-refractivity contribution in [1.29, 1.82) is 0 Å². The second-order valence-corrected chi connectivity index (χ2v) is 6.85. The van der Waals surface area contributed by atoms with Gasteiger partial charge in [-0.15, -0.1) is 0 Å². The summed E-state index contributed by atoms with van der Waals surface area (Å²) in [5.74, 6) is 1.43. The predicted octanol–water partition coefficient (Wildman–Crippen LogP) is 3.55. The van der Waals surface area contributed by atoms with Crippen LogP contribution in [0.15, 0.2) is 18.2 Å². The van der Waals surface area contributed by atoms with Crippen LogP contribution in [-0.4, -0.2) is 36.8 Å². The summed E-state index contributed by atoms with van der Waals surface area (Å²) in [5, 5.41) is 11.2. The van der Waals surface area contributed by atoms with Crippen LogP contribution in [0.5, 0.6) is 5.75 Å². The van der Waals surface area contributed by atoms with E-state index in [1.807, 2.05) is 12.1 Å². The number of rotatable bonds is 4. The molecule has 0 aliphatic heterocycles. The summed E-state index contributed by atoms with van der Waals surface area (Å²) in [6.45, 7) is 4.35. The topological polar surface area (TPSA) is 32.7 Å². The first kappa shape index (κ1) is 16.3. The molecule has 1 aliphatic carbocycles. The number of benzene rings is 1. The van der Waals surface area contributed by atoms with E-state index >= 15 is 0 Å². The monoisotopic (exact) mass is 291 g/mol. The lowest BCUT2D eigenvalue weighted by Gasteiger charge is -2.48. The second kappa shape index (κ2) is 6.37. The molecule has 3 heteroatoms. The zero-order chi connectivity index (χ0) is 15.6. The fraction of sp³-hybridized carbons (Fsp3) is 0.667. The Morgan fingerprint density at radius 3 is 2.67 bits per heavy atom. The molecule has 1 aromatic rings. The fourth-order valence-corrected chi connectivity index (χ4v) is 3.82. The van der Waals surface area contributed by atoms with Crippen molar-refractivity contribution in [1.82, 2.24) is 4.90 Å². The standard InChI is InChI=1S/C18H29NO2/c1-13-8-9-16(21-5)15(11-13)17(20)18(19(3)4)10-6-7-14(2)12-18/h8-9,11,14,17,20H,6-7,10,12H2,1-5H3. The Kier molecular flexibility index (Phi) is 4.95. The van der Waals surface area contributed by atoms with Crippen LogP contribution < -0.4 is 4.74 Å². The maximum Gasteiger partial charge on any atom is 0.124 e. The highest BCUT2D eigenvalue weighted by Gasteiger charge is 2.44. The van der Waals surface area contributed by atoms with E-state index in [0.29, 0.717) is 5.92 Å². The zero-order valence-corrected chi connectivity index (χ0v) is 14.0. The first-order valence-electron chi connectivity index (χ1n) is 7.90. The van der Waals surface area contributed by atoms with Gasteiger partial charge in [-0.25, -0.2) is 0 Å². The summed E-state index contributed by atoms with van der Waals surface area (Å²) in [5.41, 5.74) is 1.88. The van der Waals surface area contributed by atoms with Crippen LogP contribution in [0.25, 0.3) is 0 Å². The van der Waals surface area contributed by atoms with Crippen molar-refractivity contribution < 1.29 is 9.84 Å². The van der Waals surface area contributed by atoms with Crippen LogP contribution in [0, 0.1) is 12.8 Å². The molecule has 1 saturated carbocycles. The molecule has 0 heterocycles. The molecule has 3 atom stereocenters. The number of hydrogen-bond acceptors (Lipinski definition) is 3. The van der Waals surface area contributed by atoms with E-state index in [1.165, 1.54) is 12.8 Å². The van der Waals surface area contributed by atoms with Gasteiger partial charge in [-0.1, -0.05) is 31.4 Å². The lowest BCUT2D eigenvalue weighted by molar-refractivity contribution is -0.0459. The molecule has 0 aromatic heterocycles. The smallest absolute Gasteiger partial charge is 0.124 e. The van der Waals surface area contributed by atoms with Crippen LogP contribution in [-0.2, 0) is 0 Å². The fourth-order valence-electron chi connectivity index (χ4n) is 3.82. The van der Waals surface area contributed by atoms with Crippen molar-refractivity contribution in [2.45, 2.75) is 51.2 Å². The van der Waals surface area contributed by atoms with Crippen molar-refractivity contribution >= 4 is 0 Å². The van der Waals surface area contributed by atoms with E-state index in [-0.39, 0.29) is 5.54 Å². The maximum atomic E-state index is 11.2. The average Bonchev–Trinajstić information content (AvgIpc) is 2.46. The average molecular weight is 291 g/mol. The van der Waals surface area contributed by atoms with E-state index in [9.17, 15) is 5.11 Å².